The lowest BCUT2D eigenvalue weighted by atomic mass is 10.2. The highest BCUT2D eigenvalue weighted by Gasteiger charge is 2.14. The van der Waals surface area contributed by atoms with E-state index in [2.05, 4.69) is 33.2 Å². The topological polar surface area (TPSA) is 68.0 Å². The number of halogens is 1. The molecule has 1 rings (SSSR count). The van der Waals surface area contributed by atoms with E-state index in [0.717, 1.165) is 28.2 Å². The molecule has 18 heavy (non-hydrogen) atoms. The van der Waals surface area contributed by atoms with Crippen LogP contribution in [0.15, 0.2) is 27.8 Å². The molecule has 0 saturated heterocycles. The minimum absolute atomic E-state index is 0.250. The van der Waals surface area contributed by atoms with Crippen molar-refractivity contribution in [3.05, 3.63) is 22.8 Å². The summed E-state index contributed by atoms with van der Waals surface area (Å²) >= 11 is 5.06. The van der Waals surface area contributed by atoms with Crippen molar-refractivity contribution >= 4 is 33.6 Å². The molecule has 4 nitrogen and oxygen atoms in total. The van der Waals surface area contributed by atoms with Crippen LogP contribution in [0.3, 0.4) is 0 Å². The molecule has 1 unspecified atom stereocenters. The Bertz CT molecular complexity index is 389. The van der Waals surface area contributed by atoms with Crippen molar-refractivity contribution in [3.63, 3.8) is 0 Å². The van der Waals surface area contributed by atoms with Gasteiger partial charge >= 0.3 is 0 Å². The van der Waals surface area contributed by atoms with Gasteiger partial charge in [0.25, 0.3) is 0 Å². The predicted octanol–water partition coefficient (Wildman–Crippen LogP) is 2.18. The van der Waals surface area contributed by atoms with Crippen LogP contribution in [0.4, 0.5) is 0 Å². The van der Waals surface area contributed by atoms with Gasteiger partial charge in [-0.25, -0.2) is 4.98 Å². The van der Waals surface area contributed by atoms with Crippen molar-refractivity contribution in [2.24, 2.45) is 5.73 Å². The van der Waals surface area contributed by atoms with Crippen LogP contribution in [0.25, 0.3) is 0 Å². The molecular weight excluding hydrogens is 314 g/mol. The van der Waals surface area contributed by atoms with E-state index in [1.807, 2.05) is 12.1 Å². The van der Waals surface area contributed by atoms with Gasteiger partial charge in [0, 0.05) is 16.4 Å². The molecule has 0 aliphatic rings. The standard InChI is InChI=1S/C12H18BrN3OS/c1-2-6-15-10(11(14)17)5-8-18-12-9(13)4-3-7-16-12/h3-4,7,10,15H,2,5-6,8H2,1H3,(H2,14,17). The Morgan fingerprint density at radius 1 is 1.67 bits per heavy atom. The Labute approximate surface area is 120 Å². The van der Waals surface area contributed by atoms with Crippen LogP contribution in [0, 0.1) is 0 Å². The molecule has 1 heterocycles. The Morgan fingerprint density at radius 3 is 3.06 bits per heavy atom. The molecule has 0 saturated carbocycles. The minimum atomic E-state index is -0.288. The van der Waals surface area contributed by atoms with Crippen molar-refractivity contribution in [1.29, 1.82) is 0 Å². The summed E-state index contributed by atoms with van der Waals surface area (Å²) in [4.78, 5) is 15.5. The Balaban J connectivity index is 2.39. The summed E-state index contributed by atoms with van der Waals surface area (Å²) in [6.45, 7) is 2.87. The predicted molar refractivity (Wildman–Crippen MR) is 78.6 cm³/mol. The van der Waals surface area contributed by atoms with Crippen LogP contribution in [0.1, 0.15) is 19.8 Å². The van der Waals surface area contributed by atoms with Gasteiger partial charge in [-0.1, -0.05) is 6.92 Å². The Kier molecular flexibility index (Phi) is 7.31. The summed E-state index contributed by atoms with van der Waals surface area (Å²) in [6, 6.07) is 3.58. The molecule has 0 radical (unpaired) electrons. The molecule has 1 atom stereocenters. The zero-order valence-corrected chi connectivity index (χ0v) is 12.8. The number of aromatic nitrogens is 1. The third-order valence-corrected chi connectivity index (χ3v) is 4.30. The van der Waals surface area contributed by atoms with Gasteiger partial charge in [-0.05, 0) is 47.4 Å². The summed E-state index contributed by atoms with van der Waals surface area (Å²) < 4.78 is 0.979. The van der Waals surface area contributed by atoms with E-state index in [-0.39, 0.29) is 11.9 Å². The van der Waals surface area contributed by atoms with E-state index in [1.165, 1.54) is 0 Å². The number of nitrogens with one attached hydrogen (secondary N) is 1. The van der Waals surface area contributed by atoms with Crippen molar-refractivity contribution < 1.29 is 4.79 Å². The lowest BCUT2D eigenvalue weighted by Gasteiger charge is -2.14. The zero-order valence-electron chi connectivity index (χ0n) is 10.4. The van der Waals surface area contributed by atoms with E-state index in [1.54, 1.807) is 18.0 Å². The van der Waals surface area contributed by atoms with Crippen LogP contribution in [-0.4, -0.2) is 29.2 Å². The summed E-state index contributed by atoms with van der Waals surface area (Å²) in [7, 11) is 0. The van der Waals surface area contributed by atoms with Gasteiger partial charge in [-0.15, -0.1) is 11.8 Å². The second-order valence-electron chi connectivity index (χ2n) is 3.84. The molecule has 0 aliphatic heterocycles. The largest absolute Gasteiger partial charge is 0.368 e. The van der Waals surface area contributed by atoms with E-state index in [9.17, 15) is 4.79 Å². The number of hydrogen-bond donors (Lipinski definition) is 2. The molecule has 1 aromatic rings. The average Bonchev–Trinajstić information content (AvgIpc) is 2.35. The van der Waals surface area contributed by atoms with Gasteiger partial charge in [-0.3, -0.25) is 4.79 Å². The number of carbonyl (C=O) groups excluding carboxylic acids is 1. The molecular formula is C12H18BrN3OS. The fourth-order valence-corrected chi connectivity index (χ4v) is 2.90. The van der Waals surface area contributed by atoms with Gasteiger partial charge in [0.1, 0.15) is 5.03 Å². The normalized spacial score (nSPS) is 12.3. The number of rotatable bonds is 8. The van der Waals surface area contributed by atoms with Crippen LogP contribution in [-0.2, 0) is 4.79 Å². The fraction of sp³-hybridized carbons (Fsp3) is 0.500. The molecule has 0 bridgehead atoms. The molecule has 0 spiro atoms. The van der Waals surface area contributed by atoms with Crippen LogP contribution in [0.2, 0.25) is 0 Å². The second-order valence-corrected chi connectivity index (χ2v) is 5.77. The number of carbonyl (C=O) groups is 1. The monoisotopic (exact) mass is 331 g/mol. The lowest BCUT2D eigenvalue weighted by Crippen LogP contribution is -2.41. The zero-order chi connectivity index (χ0) is 13.4. The van der Waals surface area contributed by atoms with Crippen LogP contribution >= 0.6 is 27.7 Å². The first kappa shape index (κ1) is 15.5. The lowest BCUT2D eigenvalue weighted by molar-refractivity contribution is -0.120. The second kappa shape index (κ2) is 8.50. The van der Waals surface area contributed by atoms with Gasteiger partial charge in [0.15, 0.2) is 0 Å². The first-order chi connectivity index (χ1) is 8.65. The number of nitrogens with two attached hydrogens (primary N) is 1. The van der Waals surface area contributed by atoms with E-state index >= 15 is 0 Å². The van der Waals surface area contributed by atoms with Gasteiger partial charge in [0.05, 0.1) is 6.04 Å². The van der Waals surface area contributed by atoms with E-state index in [0.29, 0.717) is 6.42 Å². The molecule has 0 aromatic carbocycles. The maximum Gasteiger partial charge on any atom is 0.234 e. The fourth-order valence-electron chi connectivity index (χ4n) is 1.41. The summed E-state index contributed by atoms with van der Waals surface area (Å²) in [5.41, 5.74) is 5.35. The summed E-state index contributed by atoms with van der Waals surface area (Å²) in [5, 5.41) is 4.09. The van der Waals surface area contributed by atoms with E-state index < -0.39 is 0 Å². The molecule has 0 fully saturated rings. The maximum absolute atomic E-state index is 11.2. The Morgan fingerprint density at radius 2 is 2.44 bits per heavy atom. The molecule has 6 heteroatoms. The maximum atomic E-state index is 11.2. The quantitative estimate of drug-likeness (QED) is 0.716. The molecule has 0 aliphatic carbocycles. The molecule has 1 amide bonds. The van der Waals surface area contributed by atoms with Crippen molar-refractivity contribution in [1.82, 2.24) is 10.3 Å². The highest BCUT2D eigenvalue weighted by molar-refractivity contribution is 9.10. The minimum Gasteiger partial charge on any atom is -0.368 e. The van der Waals surface area contributed by atoms with Crippen molar-refractivity contribution in [2.75, 3.05) is 12.3 Å². The van der Waals surface area contributed by atoms with Gasteiger partial charge < -0.3 is 11.1 Å². The third kappa shape index (κ3) is 5.37. The first-order valence-corrected chi connectivity index (χ1v) is 7.69. The highest BCUT2D eigenvalue weighted by atomic mass is 79.9. The summed E-state index contributed by atoms with van der Waals surface area (Å²) in [5.74, 6) is 0.518. The number of thioether (sulfide) groups is 1. The van der Waals surface area contributed by atoms with Crippen LogP contribution in [0.5, 0.6) is 0 Å². The van der Waals surface area contributed by atoms with Crippen molar-refractivity contribution in [2.45, 2.75) is 30.8 Å². The smallest absolute Gasteiger partial charge is 0.234 e. The highest BCUT2D eigenvalue weighted by Crippen LogP contribution is 2.25. The number of amides is 1. The number of hydrogen-bond acceptors (Lipinski definition) is 4. The molecule has 100 valence electrons. The van der Waals surface area contributed by atoms with Gasteiger partial charge in [0.2, 0.25) is 5.91 Å². The number of nitrogens with zero attached hydrogens (tertiary/aromatic N) is 1. The van der Waals surface area contributed by atoms with Crippen LogP contribution < -0.4 is 11.1 Å². The summed E-state index contributed by atoms with van der Waals surface area (Å²) in [6.07, 6.45) is 3.46. The third-order valence-electron chi connectivity index (χ3n) is 2.35. The Hall–Kier alpha value is -0.590. The number of primary amides is 1. The number of pyridine rings is 1. The SMILES string of the molecule is CCCNC(CCSc1ncccc1Br)C(N)=O. The van der Waals surface area contributed by atoms with Gasteiger partial charge in [-0.2, -0.15) is 0 Å². The van der Waals surface area contributed by atoms with E-state index in [4.69, 9.17) is 5.73 Å². The first-order valence-electron chi connectivity index (χ1n) is 5.91. The van der Waals surface area contributed by atoms with Crippen molar-refractivity contribution in [3.8, 4) is 0 Å². The molecule has 3 N–H and O–H groups in total. The average molecular weight is 332 g/mol. The molecule has 1 aromatic heterocycles.